The Morgan fingerprint density at radius 2 is 1.95 bits per heavy atom. The molecule has 2 saturated heterocycles. The van der Waals surface area contributed by atoms with E-state index in [1.54, 1.807) is 12.4 Å². The van der Waals surface area contributed by atoms with Gasteiger partial charge in [-0.25, -0.2) is 14.2 Å². The summed E-state index contributed by atoms with van der Waals surface area (Å²) in [4.78, 5) is 35.6. The van der Waals surface area contributed by atoms with Gasteiger partial charge in [0.05, 0.1) is 30.2 Å². The van der Waals surface area contributed by atoms with Gasteiger partial charge < -0.3 is 20.2 Å². The minimum Gasteiger partial charge on any atom is -0.387 e. The zero-order chi connectivity index (χ0) is 28.7. The van der Waals surface area contributed by atoms with Crippen LogP contribution in [0.25, 0.3) is 11.3 Å². The van der Waals surface area contributed by atoms with E-state index in [1.807, 2.05) is 53.1 Å². The van der Waals surface area contributed by atoms with E-state index in [2.05, 4.69) is 10.3 Å². The van der Waals surface area contributed by atoms with Gasteiger partial charge in [0.1, 0.15) is 5.83 Å². The molecule has 0 radical (unpaired) electrons. The van der Waals surface area contributed by atoms with Crippen LogP contribution in [0.3, 0.4) is 0 Å². The summed E-state index contributed by atoms with van der Waals surface area (Å²) < 4.78 is 15.8. The first kappa shape index (κ1) is 27.8. The summed E-state index contributed by atoms with van der Waals surface area (Å²) in [5.41, 5.74) is -0.837. The van der Waals surface area contributed by atoms with Gasteiger partial charge in [0.15, 0.2) is 0 Å². The molecule has 41 heavy (non-hydrogen) atoms. The van der Waals surface area contributed by atoms with Crippen LogP contribution in [-0.4, -0.2) is 74.9 Å². The van der Waals surface area contributed by atoms with E-state index < -0.39 is 16.4 Å². The van der Waals surface area contributed by atoms with Crippen LogP contribution >= 0.6 is 0 Å². The molecule has 2 aromatic rings. The smallest absolute Gasteiger partial charge is 0.320 e. The SMILES string of the molecule is CC1([C@@H]2CNCCN2C(=O)N2CC[C@@](O)(Cn3cnc(-c4ccccc4)cc3=O)C3(CCCC3)C2)C=C(F)C=CC1. The lowest BCUT2D eigenvalue weighted by atomic mass is 9.66. The zero-order valence-corrected chi connectivity index (χ0v) is 23.8. The van der Waals surface area contributed by atoms with Gasteiger partial charge in [0.25, 0.3) is 5.56 Å². The predicted octanol–water partition coefficient (Wildman–Crippen LogP) is 4.12. The van der Waals surface area contributed by atoms with E-state index in [0.29, 0.717) is 51.3 Å². The Balaban J connectivity index is 1.22. The summed E-state index contributed by atoms with van der Waals surface area (Å²) in [6, 6.07) is 10.9. The molecule has 2 amide bonds. The monoisotopic (exact) mass is 561 g/mol. The third kappa shape index (κ3) is 5.14. The van der Waals surface area contributed by atoms with Gasteiger partial charge in [-0.05, 0) is 37.8 Å². The van der Waals surface area contributed by atoms with Crippen LogP contribution < -0.4 is 10.9 Å². The van der Waals surface area contributed by atoms with Crippen molar-refractivity contribution in [3.05, 3.63) is 77.1 Å². The molecule has 6 rings (SSSR count). The maximum Gasteiger partial charge on any atom is 0.320 e. The third-order valence-electron chi connectivity index (χ3n) is 10.0. The van der Waals surface area contributed by atoms with Crippen LogP contribution in [0.2, 0.25) is 0 Å². The molecule has 218 valence electrons. The van der Waals surface area contributed by atoms with Crippen LogP contribution in [0.1, 0.15) is 45.4 Å². The number of aliphatic hydroxyl groups is 1. The molecule has 1 spiro atoms. The maximum atomic E-state index is 14.3. The van der Waals surface area contributed by atoms with Crippen molar-refractivity contribution >= 4 is 6.03 Å². The minimum atomic E-state index is -1.13. The van der Waals surface area contributed by atoms with E-state index in [0.717, 1.165) is 31.2 Å². The van der Waals surface area contributed by atoms with Crippen LogP contribution in [-0.2, 0) is 6.54 Å². The lowest BCUT2D eigenvalue weighted by molar-refractivity contribution is -0.137. The Labute approximate surface area is 240 Å². The molecular formula is C32H40FN5O3. The number of amides is 2. The first-order valence-corrected chi connectivity index (χ1v) is 14.9. The number of halogens is 1. The van der Waals surface area contributed by atoms with E-state index >= 15 is 0 Å². The molecule has 1 aromatic heterocycles. The second kappa shape index (κ2) is 10.8. The molecular weight excluding hydrogens is 521 g/mol. The lowest BCUT2D eigenvalue weighted by Crippen LogP contribution is -2.66. The summed E-state index contributed by atoms with van der Waals surface area (Å²) in [6.07, 6.45) is 11.2. The molecule has 9 heteroatoms. The Hall–Kier alpha value is -3.30. The number of nitrogens with one attached hydrogen (secondary N) is 1. The summed E-state index contributed by atoms with van der Waals surface area (Å²) in [5, 5.41) is 15.6. The van der Waals surface area contributed by atoms with Gasteiger partial charge in [-0.2, -0.15) is 0 Å². The average Bonchev–Trinajstić information content (AvgIpc) is 3.46. The van der Waals surface area contributed by atoms with E-state index in [1.165, 1.54) is 16.7 Å². The summed E-state index contributed by atoms with van der Waals surface area (Å²) >= 11 is 0. The number of hydrogen-bond donors (Lipinski definition) is 2. The van der Waals surface area contributed by atoms with Crippen LogP contribution in [0, 0.1) is 10.8 Å². The summed E-state index contributed by atoms with van der Waals surface area (Å²) in [7, 11) is 0. The van der Waals surface area contributed by atoms with Gasteiger partial charge in [0, 0.05) is 55.2 Å². The number of piperazine rings is 1. The molecule has 4 aliphatic rings. The number of allylic oxidation sites excluding steroid dienone is 3. The number of aromatic nitrogens is 2. The number of piperidine rings is 1. The third-order valence-corrected chi connectivity index (χ3v) is 10.0. The Kier molecular flexibility index (Phi) is 7.36. The highest BCUT2D eigenvalue weighted by molar-refractivity contribution is 5.75. The molecule has 2 aliphatic carbocycles. The van der Waals surface area contributed by atoms with Gasteiger partial charge in [-0.1, -0.05) is 56.2 Å². The molecule has 3 fully saturated rings. The fourth-order valence-corrected chi connectivity index (χ4v) is 7.64. The van der Waals surface area contributed by atoms with Crippen molar-refractivity contribution in [1.82, 2.24) is 24.7 Å². The minimum absolute atomic E-state index is 0.0412. The average molecular weight is 562 g/mol. The van der Waals surface area contributed by atoms with Crippen molar-refractivity contribution < 1.29 is 14.3 Å². The predicted molar refractivity (Wildman–Crippen MR) is 156 cm³/mol. The highest BCUT2D eigenvalue weighted by Crippen LogP contribution is 2.52. The molecule has 1 saturated carbocycles. The van der Waals surface area contributed by atoms with Gasteiger partial charge >= 0.3 is 6.03 Å². The van der Waals surface area contributed by atoms with Crippen LogP contribution in [0.15, 0.2) is 71.6 Å². The second-order valence-corrected chi connectivity index (χ2v) is 12.6. The lowest BCUT2D eigenvalue weighted by Gasteiger charge is -2.54. The van der Waals surface area contributed by atoms with Crippen LogP contribution in [0.5, 0.6) is 0 Å². The van der Waals surface area contributed by atoms with E-state index in [-0.39, 0.29) is 30.0 Å². The largest absolute Gasteiger partial charge is 0.387 e. The van der Waals surface area contributed by atoms with Crippen molar-refractivity contribution in [2.45, 2.75) is 63.6 Å². The topological polar surface area (TPSA) is 90.7 Å². The number of nitrogens with zero attached hydrogens (tertiary/aromatic N) is 4. The number of urea groups is 1. The molecule has 2 aliphatic heterocycles. The Morgan fingerprint density at radius 1 is 1.17 bits per heavy atom. The highest BCUT2D eigenvalue weighted by Gasteiger charge is 2.56. The fourth-order valence-electron chi connectivity index (χ4n) is 7.64. The van der Waals surface area contributed by atoms with Crippen molar-refractivity contribution in [3.8, 4) is 11.3 Å². The number of likely N-dealkylation sites (tertiary alicyclic amines) is 1. The first-order chi connectivity index (χ1) is 19.7. The fraction of sp³-hybridized carbons (Fsp3) is 0.531. The molecule has 1 aromatic carbocycles. The maximum absolute atomic E-state index is 14.3. The number of benzene rings is 1. The van der Waals surface area contributed by atoms with Crippen molar-refractivity contribution in [2.24, 2.45) is 10.8 Å². The van der Waals surface area contributed by atoms with Crippen molar-refractivity contribution in [2.75, 3.05) is 32.7 Å². The molecule has 3 atom stereocenters. The number of carbonyl (C=O) groups excluding carboxylic acids is 1. The highest BCUT2D eigenvalue weighted by atomic mass is 19.1. The summed E-state index contributed by atoms with van der Waals surface area (Å²) in [5.74, 6) is -0.258. The molecule has 8 nitrogen and oxygen atoms in total. The number of hydrogen-bond acceptors (Lipinski definition) is 5. The standard InChI is InChI=1S/C32H40FN5O3/c1-30(11-7-10-25(33)19-30)27-20-34-15-17-38(27)29(40)36-16-14-32(41,31(21-36)12-5-6-13-31)22-37-23-35-26(18-28(37)39)24-8-3-2-4-9-24/h2-4,7-10,18-19,23,27,34,41H,5-6,11-17,20-22H2,1H3/t27-,30?,32+/m0/s1. The van der Waals surface area contributed by atoms with Gasteiger partial charge in [-0.15, -0.1) is 0 Å². The summed E-state index contributed by atoms with van der Waals surface area (Å²) in [6.45, 7) is 4.89. The van der Waals surface area contributed by atoms with Crippen molar-refractivity contribution in [1.29, 1.82) is 0 Å². The van der Waals surface area contributed by atoms with Crippen LogP contribution in [0.4, 0.5) is 9.18 Å². The Morgan fingerprint density at radius 3 is 2.68 bits per heavy atom. The number of carbonyl (C=O) groups is 1. The first-order valence-electron chi connectivity index (χ1n) is 14.9. The van der Waals surface area contributed by atoms with E-state index in [9.17, 15) is 19.1 Å². The molecule has 0 bridgehead atoms. The Bertz CT molecular complexity index is 1400. The van der Waals surface area contributed by atoms with Gasteiger partial charge in [0.2, 0.25) is 0 Å². The van der Waals surface area contributed by atoms with Gasteiger partial charge in [-0.3, -0.25) is 9.36 Å². The number of rotatable bonds is 4. The van der Waals surface area contributed by atoms with E-state index in [4.69, 9.17) is 0 Å². The molecule has 1 unspecified atom stereocenters. The zero-order valence-electron chi connectivity index (χ0n) is 23.8. The normalized spacial score (nSPS) is 29.5. The quantitative estimate of drug-likeness (QED) is 0.586. The molecule has 2 N–H and O–H groups in total. The second-order valence-electron chi connectivity index (χ2n) is 12.6. The molecule has 3 heterocycles. The van der Waals surface area contributed by atoms with Crippen molar-refractivity contribution in [3.63, 3.8) is 0 Å².